The van der Waals surface area contributed by atoms with E-state index in [0.29, 0.717) is 0 Å². The average Bonchev–Trinajstić information content (AvgIpc) is 2.78. The van der Waals surface area contributed by atoms with Crippen molar-refractivity contribution in [3.8, 4) is 0 Å². The SMILES string of the molecule is CCNC(Cc1ccc(Br)s1)c1cccc(C)c1Cl. The molecular weight excluding hydrogens is 342 g/mol. The van der Waals surface area contributed by atoms with Crippen LogP contribution in [0.1, 0.15) is 29.0 Å². The highest BCUT2D eigenvalue weighted by Gasteiger charge is 2.16. The number of hydrogen-bond acceptors (Lipinski definition) is 2. The van der Waals surface area contributed by atoms with Gasteiger partial charge in [0.1, 0.15) is 0 Å². The quantitative estimate of drug-likeness (QED) is 0.758. The molecule has 2 aromatic rings. The van der Waals surface area contributed by atoms with Crippen molar-refractivity contribution >= 4 is 38.9 Å². The van der Waals surface area contributed by atoms with Gasteiger partial charge in [-0.15, -0.1) is 11.3 Å². The number of nitrogens with one attached hydrogen (secondary N) is 1. The molecule has 0 saturated carbocycles. The van der Waals surface area contributed by atoms with Gasteiger partial charge < -0.3 is 5.32 Å². The summed E-state index contributed by atoms with van der Waals surface area (Å²) in [6.45, 7) is 5.11. The van der Waals surface area contributed by atoms with Crippen LogP contribution in [0, 0.1) is 6.92 Å². The van der Waals surface area contributed by atoms with Crippen LogP contribution in [0.15, 0.2) is 34.1 Å². The second-order valence-corrected chi connectivity index (χ2v) is 7.42. The molecule has 1 aromatic carbocycles. The zero-order chi connectivity index (χ0) is 13.8. The second kappa shape index (κ2) is 6.89. The van der Waals surface area contributed by atoms with Gasteiger partial charge in [0.25, 0.3) is 0 Å². The molecule has 0 aliphatic heterocycles. The lowest BCUT2D eigenvalue weighted by atomic mass is 10.0. The summed E-state index contributed by atoms with van der Waals surface area (Å²) < 4.78 is 1.17. The van der Waals surface area contributed by atoms with Crippen molar-refractivity contribution in [3.63, 3.8) is 0 Å². The molecule has 1 N–H and O–H groups in total. The number of halogens is 2. The molecule has 0 aliphatic carbocycles. The molecule has 1 atom stereocenters. The molecule has 1 unspecified atom stereocenters. The van der Waals surface area contributed by atoms with E-state index in [0.717, 1.165) is 23.6 Å². The Balaban J connectivity index is 2.26. The van der Waals surface area contributed by atoms with Crippen molar-refractivity contribution in [3.05, 3.63) is 55.1 Å². The summed E-state index contributed by atoms with van der Waals surface area (Å²) in [4.78, 5) is 1.36. The minimum atomic E-state index is 0.267. The maximum Gasteiger partial charge on any atom is 0.0701 e. The van der Waals surface area contributed by atoms with Gasteiger partial charge in [0.05, 0.1) is 3.79 Å². The molecule has 0 radical (unpaired) electrons. The maximum atomic E-state index is 6.45. The standard InChI is InChI=1S/C15H17BrClNS/c1-3-18-13(9-11-7-8-14(16)19-11)12-6-4-5-10(2)15(12)17/h4-8,13,18H,3,9H2,1-2H3. The zero-order valence-electron chi connectivity index (χ0n) is 11.0. The van der Waals surface area contributed by atoms with Crippen molar-refractivity contribution in [2.24, 2.45) is 0 Å². The normalized spacial score (nSPS) is 12.6. The summed E-state index contributed by atoms with van der Waals surface area (Å²) >= 11 is 11.7. The first-order valence-corrected chi connectivity index (χ1v) is 8.33. The van der Waals surface area contributed by atoms with E-state index in [1.807, 2.05) is 0 Å². The Kier molecular flexibility index (Phi) is 5.46. The van der Waals surface area contributed by atoms with Crippen molar-refractivity contribution in [2.75, 3.05) is 6.54 Å². The van der Waals surface area contributed by atoms with E-state index in [-0.39, 0.29) is 6.04 Å². The van der Waals surface area contributed by atoms with Gasteiger partial charge >= 0.3 is 0 Å². The molecule has 0 bridgehead atoms. The molecule has 0 spiro atoms. The van der Waals surface area contributed by atoms with Gasteiger partial charge in [-0.1, -0.05) is 36.7 Å². The van der Waals surface area contributed by atoms with E-state index < -0.39 is 0 Å². The average molecular weight is 359 g/mol. The largest absolute Gasteiger partial charge is 0.310 e. The first-order chi connectivity index (χ1) is 9.11. The number of aryl methyl sites for hydroxylation is 1. The summed E-state index contributed by atoms with van der Waals surface area (Å²) in [7, 11) is 0. The third-order valence-electron chi connectivity index (χ3n) is 3.08. The van der Waals surface area contributed by atoms with Crippen LogP contribution in [0.2, 0.25) is 5.02 Å². The van der Waals surface area contributed by atoms with E-state index in [4.69, 9.17) is 11.6 Å². The smallest absolute Gasteiger partial charge is 0.0701 e. The van der Waals surface area contributed by atoms with Crippen LogP contribution in [-0.4, -0.2) is 6.54 Å². The zero-order valence-corrected chi connectivity index (χ0v) is 14.2. The Morgan fingerprint density at radius 1 is 1.32 bits per heavy atom. The van der Waals surface area contributed by atoms with Gasteiger partial charge in [-0.05, 0) is 52.7 Å². The minimum Gasteiger partial charge on any atom is -0.310 e. The minimum absolute atomic E-state index is 0.267. The molecule has 102 valence electrons. The Morgan fingerprint density at radius 2 is 2.11 bits per heavy atom. The predicted octanol–water partition coefficient (Wildman–Crippen LogP) is 5.37. The van der Waals surface area contributed by atoms with E-state index in [1.54, 1.807) is 11.3 Å². The molecule has 19 heavy (non-hydrogen) atoms. The highest BCUT2D eigenvalue weighted by molar-refractivity contribution is 9.11. The van der Waals surface area contributed by atoms with Crippen molar-refractivity contribution in [1.82, 2.24) is 5.32 Å². The van der Waals surface area contributed by atoms with Crippen molar-refractivity contribution in [2.45, 2.75) is 26.3 Å². The molecular formula is C15H17BrClNS. The summed E-state index contributed by atoms with van der Waals surface area (Å²) in [6.07, 6.45) is 0.966. The third kappa shape index (κ3) is 3.82. The highest BCUT2D eigenvalue weighted by Crippen LogP contribution is 2.31. The van der Waals surface area contributed by atoms with Crippen LogP contribution in [0.25, 0.3) is 0 Å². The summed E-state index contributed by atoms with van der Waals surface area (Å²) in [5, 5.41) is 4.41. The molecule has 2 rings (SSSR count). The van der Waals surface area contributed by atoms with E-state index >= 15 is 0 Å². The van der Waals surface area contributed by atoms with Gasteiger partial charge in [-0.3, -0.25) is 0 Å². The first-order valence-electron chi connectivity index (χ1n) is 6.34. The summed E-state index contributed by atoms with van der Waals surface area (Å²) in [5.41, 5.74) is 2.32. The first kappa shape index (κ1) is 15.0. The number of benzene rings is 1. The third-order valence-corrected chi connectivity index (χ3v) is 5.24. The molecule has 0 saturated heterocycles. The van der Waals surface area contributed by atoms with Crippen LogP contribution in [0.3, 0.4) is 0 Å². The van der Waals surface area contributed by atoms with Gasteiger partial charge in [0.2, 0.25) is 0 Å². The van der Waals surface area contributed by atoms with Crippen LogP contribution >= 0.6 is 38.9 Å². The van der Waals surface area contributed by atoms with Gasteiger partial charge in [0, 0.05) is 22.4 Å². The fourth-order valence-corrected chi connectivity index (χ4v) is 3.93. The van der Waals surface area contributed by atoms with Crippen LogP contribution < -0.4 is 5.32 Å². The fourth-order valence-electron chi connectivity index (χ4n) is 2.14. The summed E-state index contributed by atoms with van der Waals surface area (Å²) in [5.74, 6) is 0. The Bertz CT molecular complexity index is 553. The van der Waals surface area contributed by atoms with Crippen LogP contribution in [0.4, 0.5) is 0 Å². The maximum absolute atomic E-state index is 6.45. The van der Waals surface area contributed by atoms with Crippen LogP contribution in [-0.2, 0) is 6.42 Å². The lowest BCUT2D eigenvalue weighted by molar-refractivity contribution is 0.553. The lowest BCUT2D eigenvalue weighted by Crippen LogP contribution is -2.23. The van der Waals surface area contributed by atoms with E-state index in [2.05, 4.69) is 65.4 Å². The fraction of sp³-hybridized carbons (Fsp3) is 0.333. The molecule has 0 fully saturated rings. The molecule has 1 aromatic heterocycles. The molecule has 1 heterocycles. The lowest BCUT2D eigenvalue weighted by Gasteiger charge is -2.20. The highest BCUT2D eigenvalue weighted by atomic mass is 79.9. The molecule has 0 aliphatic rings. The number of rotatable bonds is 5. The molecule has 4 heteroatoms. The number of thiophene rings is 1. The van der Waals surface area contributed by atoms with Crippen molar-refractivity contribution in [1.29, 1.82) is 0 Å². The summed E-state index contributed by atoms with van der Waals surface area (Å²) in [6, 6.07) is 10.8. The Morgan fingerprint density at radius 3 is 2.74 bits per heavy atom. The number of hydrogen-bond donors (Lipinski definition) is 1. The van der Waals surface area contributed by atoms with Gasteiger partial charge in [-0.25, -0.2) is 0 Å². The number of likely N-dealkylation sites (N-methyl/N-ethyl adjacent to an activating group) is 1. The van der Waals surface area contributed by atoms with Gasteiger partial charge in [0.15, 0.2) is 0 Å². The van der Waals surface area contributed by atoms with Gasteiger partial charge in [-0.2, -0.15) is 0 Å². The Hall–Kier alpha value is -0.350. The van der Waals surface area contributed by atoms with E-state index in [9.17, 15) is 0 Å². The second-order valence-electron chi connectivity index (χ2n) is 4.50. The molecule has 0 amide bonds. The monoisotopic (exact) mass is 357 g/mol. The van der Waals surface area contributed by atoms with Crippen LogP contribution in [0.5, 0.6) is 0 Å². The predicted molar refractivity (Wildman–Crippen MR) is 88.3 cm³/mol. The van der Waals surface area contributed by atoms with Crippen molar-refractivity contribution < 1.29 is 0 Å². The topological polar surface area (TPSA) is 12.0 Å². The molecule has 1 nitrogen and oxygen atoms in total. The van der Waals surface area contributed by atoms with E-state index in [1.165, 1.54) is 14.2 Å². The Labute approximate surface area is 132 Å².